The number of aryl methyl sites for hydroxylation is 2. The molecular formula is C19H28Cl2N4O. The molecule has 2 N–H and O–H groups in total. The molecule has 0 saturated heterocycles. The molecule has 2 aromatic rings. The van der Waals surface area contributed by atoms with Crippen molar-refractivity contribution < 1.29 is 4.79 Å². The highest BCUT2D eigenvalue weighted by Gasteiger charge is 2.11. The van der Waals surface area contributed by atoms with E-state index in [1.807, 2.05) is 0 Å². The molecule has 144 valence electrons. The van der Waals surface area contributed by atoms with Gasteiger partial charge in [0, 0.05) is 50.4 Å². The van der Waals surface area contributed by atoms with Crippen molar-refractivity contribution in [2.24, 2.45) is 12.8 Å². The zero-order valence-corrected chi connectivity index (χ0v) is 16.9. The number of nitrogens with zero attached hydrogens (tertiary/aromatic N) is 3. The summed E-state index contributed by atoms with van der Waals surface area (Å²) in [5.74, 6) is 2.01. The van der Waals surface area contributed by atoms with E-state index in [0.717, 1.165) is 67.7 Å². The standard InChI is InChI=1S/C19H28Cl2N4O/c1-24-17-9-8-15(25(12-10-20)13-11-21)14-16(17)23-19(24)7-5-3-2-4-6-18(22)26/h8-9,14H,2-7,10-13H2,1H3,(H2,22,26). The molecule has 0 atom stereocenters. The molecule has 0 radical (unpaired) electrons. The first kappa shape index (κ1) is 20.8. The highest BCUT2D eigenvalue weighted by molar-refractivity contribution is 6.18. The van der Waals surface area contributed by atoms with E-state index in [4.69, 9.17) is 33.9 Å². The molecule has 1 aromatic carbocycles. The number of amides is 1. The molecule has 2 rings (SSSR count). The molecule has 7 heteroatoms. The van der Waals surface area contributed by atoms with Crippen LogP contribution in [0.15, 0.2) is 18.2 Å². The van der Waals surface area contributed by atoms with Crippen LogP contribution in [0.1, 0.15) is 37.9 Å². The zero-order chi connectivity index (χ0) is 18.9. The lowest BCUT2D eigenvalue weighted by Crippen LogP contribution is -2.27. The average Bonchev–Trinajstić information content (AvgIpc) is 2.93. The van der Waals surface area contributed by atoms with E-state index in [2.05, 4.69) is 34.7 Å². The number of unbranched alkanes of at least 4 members (excludes halogenated alkanes) is 3. The SMILES string of the molecule is Cn1c(CCCCCCC(N)=O)nc2cc(N(CCCl)CCCl)ccc21. The number of aromatic nitrogens is 2. The number of carbonyl (C=O) groups is 1. The van der Waals surface area contributed by atoms with Gasteiger partial charge >= 0.3 is 0 Å². The Morgan fingerprint density at radius 3 is 2.50 bits per heavy atom. The van der Waals surface area contributed by atoms with E-state index < -0.39 is 0 Å². The van der Waals surface area contributed by atoms with E-state index >= 15 is 0 Å². The van der Waals surface area contributed by atoms with Gasteiger partial charge in [-0.1, -0.05) is 12.8 Å². The van der Waals surface area contributed by atoms with Crippen LogP contribution >= 0.6 is 23.2 Å². The summed E-state index contributed by atoms with van der Waals surface area (Å²) in [6, 6.07) is 6.34. The quantitative estimate of drug-likeness (QED) is 0.436. The lowest BCUT2D eigenvalue weighted by atomic mass is 10.1. The molecule has 0 aliphatic heterocycles. The number of rotatable bonds is 12. The highest BCUT2D eigenvalue weighted by atomic mass is 35.5. The first-order valence-corrected chi connectivity index (χ1v) is 10.2. The van der Waals surface area contributed by atoms with Crippen LogP contribution < -0.4 is 10.6 Å². The predicted molar refractivity (Wildman–Crippen MR) is 110 cm³/mol. The maximum atomic E-state index is 10.7. The maximum absolute atomic E-state index is 10.7. The van der Waals surface area contributed by atoms with Gasteiger partial charge < -0.3 is 15.2 Å². The lowest BCUT2D eigenvalue weighted by molar-refractivity contribution is -0.118. The largest absolute Gasteiger partial charge is 0.370 e. The van der Waals surface area contributed by atoms with Crippen LogP contribution in [-0.4, -0.2) is 40.3 Å². The van der Waals surface area contributed by atoms with Crippen molar-refractivity contribution in [1.29, 1.82) is 0 Å². The fourth-order valence-electron chi connectivity index (χ4n) is 3.17. The van der Waals surface area contributed by atoms with Gasteiger partial charge in [0.15, 0.2) is 0 Å². The fraction of sp³-hybridized carbons (Fsp3) is 0.579. The van der Waals surface area contributed by atoms with E-state index in [0.29, 0.717) is 18.2 Å². The van der Waals surface area contributed by atoms with Crippen molar-refractivity contribution in [1.82, 2.24) is 9.55 Å². The van der Waals surface area contributed by atoms with Crippen LogP contribution in [0.25, 0.3) is 11.0 Å². The van der Waals surface area contributed by atoms with Gasteiger partial charge in [0.05, 0.1) is 11.0 Å². The fourth-order valence-corrected chi connectivity index (χ4v) is 3.58. The summed E-state index contributed by atoms with van der Waals surface area (Å²) in [4.78, 5) is 17.8. The Bertz CT molecular complexity index is 711. The van der Waals surface area contributed by atoms with Crippen molar-refractivity contribution in [3.63, 3.8) is 0 Å². The van der Waals surface area contributed by atoms with Crippen LogP contribution in [0.4, 0.5) is 5.69 Å². The lowest BCUT2D eigenvalue weighted by Gasteiger charge is -2.22. The predicted octanol–water partition coefficient (Wildman–Crippen LogP) is 3.84. The maximum Gasteiger partial charge on any atom is 0.217 e. The summed E-state index contributed by atoms with van der Waals surface area (Å²) in [5.41, 5.74) is 8.40. The topological polar surface area (TPSA) is 64.1 Å². The molecule has 0 spiro atoms. The van der Waals surface area contributed by atoms with E-state index in [9.17, 15) is 4.79 Å². The molecule has 26 heavy (non-hydrogen) atoms. The van der Waals surface area contributed by atoms with Crippen molar-refractivity contribution in [2.45, 2.75) is 38.5 Å². The summed E-state index contributed by atoms with van der Waals surface area (Å²) in [6.07, 6.45) is 5.47. The van der Waals surface area contributed by atoms with Crippen molar-refractivity contribution >= 4 is 45.8 Å². The normalized spacial score (nSPS) is 11.2. The van der Waals surface area contributed by atoms with Gasteiger partial charge in [-0.15, -0.1) is 23.2 Å². The monoisotopic (exact) mass is 398 g/mol. The van der Waals surface area contributed by atoms with Crippen LogP contribution in [-0.2, 0) is 18.3 Å². The summed E-state index contributed by atoms with van der Waals surface area (Å²) >= 11 is 11.8. The Balaban J connectivity index is 2.01. The number of hydrogen-bond acceptors (Lipinski definition) is 3. The first-order valence-electron chi connectivity index (χ1n) is 9.17. The molecule has 5 nitrogen and oxygen atoms in total. The second-order valence-corrected chi connectivity index (χ2v) is 7.26. The smallest absolute Gasteiger partial charge is 0.217 e. The molecule has 1 amide bonds. The second-order valence-electron chi connectivity index (χ2n) is 6.51. The van der Waals surface area contributed by atoms with Gasteiger partial charge in [-0.3, -0.25) is 4.79 Å². The van der Waals surface area contributed by atoms with Gasteiger partial charge in [-0.05, 0) is 31.0 Å². The number of benzene rings is 1. The molecule has 1 heterocycles. The van der Waals surface area contributed by atoms with Gasteiger partial charge in [0.2, 0.25) is 5.91 Å². The number of halogens is 2. The van der Waals surface area contributed by atoms with Crippen LogP contribution in [0, 0.1) is 0 Å². The number of imidazole rings is 1. The van der Waals surface area contributed by atoms with Crippen molar-refractivity contribution in [3.8, 4) is 0 Å². The number of primary amides is 1. The summed E-state index contributed by atoms with van der Waals surface area (Å²) in [6.45, 7) is 1.54. The minimum atomic E-state index is -0.214. The molecule has 0 bridgehead atoms. The molecule has 0 unspecified atom stereocenters. The summed E-state index contributed by atoms with van der Waals surface area (Å²) in [7, 11) is 2.06. The van der Waals surface area contributed by atoms with Gasteiger partial charge in [-0.2, -0.15) is 0 Å². The van der Waals surface area contributed by atoms with E-state index in [1.165, 1.54) is 0 Å². The zero-order valence-electron chi connectivity index (χ0n) is 15.4. The van der Waals surface area contributed by atoms with Gasteiger partial charge in [-0.25, -0.2) is 4.98 Å². The number of carbonyl (C=O) groups excluding carboxylic acids is 1. The molecule has 0 saturated carbocycles. The summed E-state index contributed by atoms with van der Waals surface area (Å²) < 4.78 is 2.16. The molecule has 1 aromatic heterocycles. The van der Waals surface area contributed by atoms with Crippen LogP contribution in [0.5, 0.6) is 0 Å². The Labute approximate surface area is 165 Å². The number of fused-ring (bicyclic) bond motifs is 1. The average molecular weight is 399 g/mol. The molecule has 0 aliphatic rings. The third kappa shape index (κ3) is 5.78. The Kier molecular flexibility index (Phi) is 8.52. The Morgan fingerprint density at radius 1 is 1.15 bits per heavy atom. The van der Waals surface area contributed by atoms with E-state index in [1.54, 1.807) is 0 Å². The van der Waals surface area contributed by atoms with Gasteiger partial charge in [0.25, 0.3) is 0 Å². The van der Waals surface area contributed by atoms with Gasteiger partial charge in [0.1, 0.15) is 5.82 Å². The van der Waals surface area contributed by atoms with E-state index in [-0.39, 0.29) is 5.91 Å². The first-order chi connectivity index (χ1) is 12.6. The third-order valence-electron chi connectivity index (χ3n) is 4.60. The Hall–Kier alpha value is -1.46. The van der Waals surface area contributed by atoms with Crippen LogP contribution in [0.2, 0.25) is 0 Å². The number of hydrogen-bond donors (Lipinski definition) is 1. The molecular weight excluding hydrogens is 371 g/mol. The number of nitrogens with two attached hydrogens (primary N) is 1. The minimum absolute atomic E-state index is 0.214. The van der Waals surface area contributed by atoms with Crippen molar-refractivity contribution in [3.05, 3.63) is 24.0 Å². The Morgan fingerprint density at radius 2 is 1.85 bits per heavy atom. The minimum Gasteiger partial charge on any atom is -0.370 e. The molecule has 0 aliphatic carbocycles. The van der Waals surface area contributed by atoms with Crippen molar-refractivity contribution in [2.75, 3.05) is 29.7 Å². The molecule has 0 fully saturated rings. The second kappa shape index (κ2) is 10.6. The number of anilines is 1. The highest BCUT2D eigenvalue weighted by Crippen LogP contribution is 2.23. The van der Waals surface area contributed by atoms with Crippen LogP contribution in [0.3, 0.4) is 0 Å². The summed E-state index contributed by atoms with van der Waals surface area (Å²) in [5, 5.41) is 0. The third-order valence-corrected chi connectivity index (χ3v) is 4.94. The number of alkyl halides is 2.